The van der Waals surface area contributed by atoms with Crippen molar-refractivity contribution in [2.45, 2.75) is 117 Å². The van der Waals surface area contributed by atoms with Crippen molar-refractivity contribution in [2.24, 2.45) is 52.5 Å². The predicted octanol–water partition coefficient (Wildman–Crippen LogP) is 8.51. The first-order valence-corrected chi connectivity index (χ1v) is 12.9. The zero-order valence-electron chi connectivity index (χ0n) is 25.2. The first-order valence-electron chi connectivity index (χ1n) is 12.9. The highest BCUT2D eigenvalue weighted by molar-refractivity contribution is 5.87. The summed E-state index contributed by atoms with van der Waals surface area (Å²) in [7, 11) is 0. The van der Waals surface area contributed by atoms with Gasteiger partial charge in [0.25, 0.3) is 0 Å². The lowest BCUT2D eigenvalue weighted by Crippen LogP contribution is -2.20. The van der Waals surface area contributed by atoms with Crippen LogP contribution < -0.4 is 0 Å². The zero-order valence-corrected chi connectivity index (χ0v) is 25.2. The second kappa shape index (κ2) is 21.4. The topological polar surface area (TPSA) is 69.9 Å². The molecule has 0 aromatic carbocycles. The standard InChI is InChI=1S/C8H16.C7H15NO.C7H16O.C7H14O/c1-6(2)8(5)7(3)4;1-5(2)7(8-9)6(3)4;2*1-5(2)7(8)6(3)4/h6-7H,5H2,1-4H3;5-6,9H,1-4H3;5-8H,1-4H3;5-6H,1-4H3. The number of nitrogens with zero attached hydrogens (tertiary/aromatic N) is 1. The number of hydrogen-bond donors (Lipinski definition) is 2. The van der Waals surface area contributed by atoms with Gasteiger partial charge in [0.05, 0.1) is 11.8 Å². The molecular formula is C29H61NO3. The van der Waals surface area contributed by atoms with Crippen LogP contribution in [0.4, 0.5) is 0 Å². The quantitative estimate of drug-likeness (QED) is 0.161. The minimum atomic E-state index is -0.130. The number of Topliss-reactive ketones (excluding diaryl/α,β-unsaturated/α-hetero) is 1. The second-order valence-corrected chi connectivity index (χ2v) is 11.4. The van der Waals surface area contributed by atoms with Crippen LogP contribution in [0, 0.1) is 47.3 Å². The average Bonchev–Trinajstić information content (AvgIpc) is 2.66. The van der Waals surface area contributed by atoms with Gasteiger partial charge in [-0.1, -0.05) is 128 Å². The summed E-state index contributed by atoms with van der Waals surface area (Å²) < 4.78 is 0. The van der Waals surface area contributed by atoms with E-state index in [-0.39, 0.29) is 17.9 Å². The Morgan fingerprint density at radius 2 is 0.848 bits per heavy atom. The lowest BCUT2D eigenvalue weighted by atomic mass is 9.95. The molecule has 0 aliphatic rings. The fourth-order valence-corrected chi connectivity index (χ4v) is 3.00. The number of aliphatic hydroxyl groups is 1. The van der Waals surface area contributed by atoms with E-state index in [1.54, 1.807) is 0 Å². The molecule has 33 heavy (non-hydrogen) atoms. The Morgan fingerprint density at radius 1 is 0.576 bits per heavy atom. The summed E-state index contributed by atoms with van der Waals surface area (Å²) in [6.45, 7) is 36.6. The maximum Gasteiger partial charge on any atom is 0.137 e. The van der Waals surface area contributed by atoms with Crippen molar-refractivity contribution in [3.8, 4) is 0 Å². The summed E-state index contributed by atoms with van der Waals surface area (Å²) in [6.07, 6.45) is -0.130. The fourth-order valence-electron chi connectivity index (χ4n) is 3.00. The molecule has 0 bridgehead atoms. The summed E-state index contributed by atoms with van der Waals surface area (Å²) in [5.41, 5.74) is 2.22. The maximum absolute atomic E-state index is 10.8. The molecule has 2 N–H and O–H groups in total. The molecule has 0 fully saturated rings. The molecule has 4 nitrogen and oxygen atoms in total. The number of carbonyl (C=O) groups excluding carboxylic acids is 1. The van der Waals surface area contributed by atoms with E-state index in [1.165, 1.54) is 5.57 Å². The van der Waals surface area contributed by atoms with Crippen LogP contribution in [0.15, 0.2) is 17.3 Å². The van der Waals surface area contributed by atoms with Gasteiger partial charge >= 0.3 is 0 Å². The van der Waals surface area contributed by atoms with Gasteiger partial charge in [0.15, 0.2) is 0 Å². The Morgan fingerprint density at radius 3 is 0.848 bits per heavy atom. The average molecular weight is 472 g/mol. The summed E-state index contributed by atoms with van der Waals surface area (Å²) in [6, 6.07) is 0. The number of ketones is 1. The van der Waals surface area contributed by atoms with E-state index in [0.717, 1.165) is 5.71 Å². The number of carbonyl (C=O) groups is 1. The normalized spacial score (nSPS) is 11.0. The van der Waals surface area contributed by atoms with E-state index in [9.17, 15) is 9.90 Å². The molecule has 0 aliphatic heterocycles. The van der Waals surface area contributed by atoms with Crippen LogP contribution in [0.5, 0.6) is 0 Å². The maximum atomic E-state index is 10.8. The van der Waals surface area contributed by atoms with Crippen molar-refractivity contribution in [3.63, 3.8) is 0 Å². The van der Waals surface area contributed by atoms with Crippen LogP contribution in [-0.4, -0.2) is 27.9 Å². The van der Waals surface area contributed by atoms with Gasteiger partial charge < -0.3 is 10.3 Å². The van der Waals surface area contributed by atoms with Gasteiger partial charge in [0.2, 0.25) is 0 Å². The van der Waals surface area contributed by atoms with Crippen molar-refractivity contribution in [2.75, 3.05) is 0 Å². The minimum absolute atomic E-state index is 0.130. The number of hydrogen-bond acceptors (Lipinski definition) is 4. The van der Waals surface area contributed by atoms with Gasteiger partial charge in [0.1, 0.15) is 5.78 Å². The predicted molar refractivity (Wildman–Crippen MR) is 148 cm³/mol. The largest absolute Gasteiger partial charge is 0.411 e. The van der Waals surface area contributed by atoms with Gasteiger partial charge in [0, 0.05) is 11.8 Å². The van der Waals surface area contributed by atoms with Gasteiger partial charge in [-0.15, -0.1) is 0 Å². The molecule has 0 unspecified atom stereocenters. The Balaban J connectivity index is -0.000000170. The molecule has 0 aromatic heterocycles. The second-order valence-electron chi connectivity index (χ2n) is 11.4. The number of allylic oxidation sites excluding steroid dienone is 1. The SMILES string of the molecule is C=C(C(C)C)C(C)C.CC(C)C(=NO)C(C)C.CC(C)C(=O)C(C)C.CC(C)C(O)C(C)C. The lowest BCUT2D eigenvalue weighted by molar-refractivity contribution is -0.124. The first-order chi connectivity index (χ1) is 14.8. The molecule has 4 heteroatoms. The van der Waals surface area contributed by atoms with Gasteiger partial charge in [-0.05, 0) is 35.5 Å². The van der Waals surface area contributed by atoms with Crippen molar-refractivity contribution in [3.05, 3.63) is 12.2 Å². The van der Waals surface area contributed by atoms with Gasteiger partial charge in [-0.3, -0.25) is 4.79 Å². The fraction of sp³-hybridized carbons (Fsp3) is 0.862. The van der Waals surface area contributed by atoms with Crippen molar-refractivity contribution >= 4 is 11.5 Å². The number of oxime groups is 1. The molecule has 0 saturated carbocycles. The lowest BCUT2D eigenvalue weighted by Gasteiger charge is -2.17. The van der Waals surface area contributed by atoms with E-state index in [4.69, 9.17) is 5.21 Å². The summed E-state index contributed by atoms with van der Waals surface area (Å²) in [5.74, 6) is 3.56. The smallest absolute Gasteiger partial charge is 0.137 e. The van der Waals surface area contributed by atoms with Crippen LogP contribution in [-0.2, 0) is 4.79 Å². The molecule has 0 rings (SSSR count). The number of rotatable bonds is 8. The Kier molecular flexibility index (Phi) is 25.3. The highest BCUT2D eigenvalue weighted by Gasteiger charge is 2.12. The van der Waals surface area contributed by atoms with Crippen molar-refractivity contribution < 1.29 is 15.1 Å². The Labute approximate surface area is 208 Å². The van der Waals surface area contributed by atoms with E-state index >= 15 is 0 Å². The van der Waals surface area contributed by atoms with Gasteiger partial charge in [-0.2, -0.15) is 0 Å². The van der Waals surface area contributed by atoms with Crippen LogP contribution in [0.25, 0.3) is 0 Å². The third-order valence-corrected chi connectivity index (χ3v) is 5.29. The van der Waals surface area contributed by atoms with Crippen LogP contribution in [0.3, 0.4) is 0 Å². The van der Waals surface area contributed by atoms with Crippen molar-refractivity contribution in [1.82, 2.24) is 0 Å². The molecule has 200 valence electrons. The van der Waals surface area contributed by atoms with E-state index in [1.807, 2.05) is 83.1 Å². The summed E-state index contributed by atoms with van der Waals surface area (Å²) in [5, 5.41) is 20.9. The molecular weight excluding hydrogens is 410 g/mol. The van der Waals surface area contributed by atoms with Gasteiger partial charge in [-0.25, -0.2) is 0 Å². The highest BCUT2D eigenvalue weighted by atomic mass is 16.4. The summed E-state index contributed by atoms with van der Waals surface area (Å²) >= 11 is 0. The van der Waals surface area contributed by atoms with Crippen molar-refractivity contribution in [1.29, 1.82) is 0 Å². The van der Waals surface area contributed by atoms with E-state index in [0.29, 0.717) is 41.3 Å². The molecule has 0 radical (unpaired) electrons. The monoisotopic (exact) mass is 471 g/mol. The molecule has 0 amide bonds. The molecule has 0 heterocycles. The highest BCUT2D eigenvalue weighted by Crippen LogP contribution is 2.15. The third-order valence-electron chi connectivity index (χ3n) is 5.29. The number of aliphatic hydroxyl groups excluding tert-OH is 1. The van der Waals surface area contributed by atoms with Crippen LogP contribution in [0.2, 0.25) is 0 Å². The molecule has 0 aliphatic carbocycles. The third kappa shape index (κ3) is 23.8. The minimum Gasteiger partial charge on any atom is -0.411 e. The van der Waals surface area contributed by atoms with E-state index in [2.05, 4.69) is 39.4 Å². The summed E-state index contributed by atoms with van der Waals surface area (Å²) in [4.78, 5) is 10.8. The molecule has 0 atom stereocenters. The zero-order chi connectivity index (χ0) is 27.6. The van der Waals surface area contributed by atoms with E-state index < -0.39 is 0 Å². The molecule has 0 spiro atoms. The Hall–Kier alpha value is -1.16. The van der Waals surface area contributed by atoms with Crippen LogP contribution in [0.1, 0.15) is 111 Å². The Bertz CT molecular complexity index is 451. The first kappa shape index (κ1) is 39.1. The molecule has 0 saturated heterocycles. The van der Waals surface area contributed by atoms with Crippen LogP contribution >= 0.6 is 0 Å². The molecule has 0 aromatic rings.